The fraction of sp³-hybridized carbons (Fsp3) is 0.483. The number of amides is 1. The van der Waals surface area contributed by atoms with Crippen LogP contribution in [0.3, 0.4) is 0 Å². The molecule has 5 heteroatoms. The first-order chi connectivity index (χ1) is 16.4. The molecule has 0 fully saturated rings. The number of fused-ring (bicyclic) bond motifs is 2. The molecule has 0 saturated carbocycles. The average molecular weight is 464 g/mol. The van der Waals surface area contributed by atoms with E-state index in [1.807, 2.05) is 18.0 Å². The summed E-state index contributed by atoms with van der Waals surface area (Å²) in [5.74, 6) is 1.53. The Morgan fingerprint density at radius 2 is 2.06 bits per heavy atom. The van der Waals surface area contributed by atoms with Crippen LogP contribution in [0.2, 0.25) is 0 Å². The van der Waals surface area contributed by atoms with E-state index >= 15 is 0 Å². The lowest BCUT2D eigenvalue weighted by Crippen LogP contribution is -2.40. The van der Waals surface area contributed by atoms with Crippen molar-refractivity contribution in [1.82, 2.24) is 15.2 Å². The molecule has 1 aliphatic heterocycles. The Bertz CT molecular complexity index is 1120. The Hall–Kier alpha value is -2.79. The summed E-state index contributed by atoms with van der Waals surface area (Å²) in [5, 5.41) is 4.74. The molecule has 1 amide bonds. The highest BCUT2D eigenvalue weighted by atomic mass is 16.5. The predicted molar refractivity (Wildman–Crippen MR) is 141 cm³/mol. The highest BCUT2D eigenvalue weighted by molar-refractivity contribution is 5.83. The van der Waals surface area contributed by atoms with E-state index in [0.717, 1.165) is 49.4 Å². The number of aromatic nitrogens is 1. The van der Waals surface area contributed by atoms with Crippen LogP contribution in [0.15, 0.2) is 42.6 Å². The summed E-state index contributed by atoms with van der Waals surface area (Å²) in [4.78, 5) is 18.8. The number of carbonyl (C=O) groups excluding carboxylic acids is 1. The minimum absolute atomic E-state index is 0. The zero-order valence-corrected chi connectivity index (χ0v) is 21.1. The number of aromatic amines is 1. The van der Waals surface area contributed by atoms with Crippen molar-refractivity contribution in [3.63, 3.8) is 0 Å². The van der Waals surface area contributed by atoms with Crippen molar-refractivity contribution in [3.8, 4) is 5.75 Å². The van der Waals surface area contributed by atoms with Gasteiger partial charge in [-0.05, 0) is 72.6 Å². The maximum atomic E-state index is 13.5. The van der Waals surface area contributed by atoms with Crippen LogP contribution in [0.25, 0.3) is 10.9 Å². The third-order valence-electron chi connectivity index (χ3n) is 6.71. The monoisotopic (exact) mass is 463 g/mol. The summed E-state index contributed by atoms with van der Waals surface area (Å²) in [5.41, 5.74) is 6.16. The molecule has 0 bridgehead atoms. The Balaban J connectivity index is 0.00000342. The quantitative estimate of drug-likeness (QED) is 0.419. The Labute approximate surface area is 205 Å². The van der Waals surface area contributed by atoms with Crippen LogP contribution in [0.4, 0.5) is 0 Å². The number of carbonyl (C=O) groups is 1. The molecular weight excluding hydrogens is 422 g/mol. The second-order valence-electron chi connectivity index (χ2n) is 10.2. The van der Waals surface area contributed by atoms with Gasteiger partial charge >= 0.3 is 0 Å². The molecule has 0 aliphatic carbocycles. The van der Waals surface area contributed by atoms with E-state index in [1.54, 1.807) is 0 Å². The van der Waals surface area contributed by atoms with Gasteiger partial charge in [-0.1, -0.05) is 39.0 Å². The number of hydrogen-bond donors (Lipinski definition) is 2. The topological polar surface area (TPSA) is 57.4 Å². The van der Waals surface area contributed by atoms with Crippen molar-refractivity contribution >= 4 is 16.8 Å². The molecule has 2 heterocycles. The first-order valence-corrected chi connectivity index (χ1v) is 12.7. The van der Waals surface area contributed by atoms with Crippen LogP contribution in [-0.4, -0.2) is 35.5 Å². The number of rotatable bonds is 9. The lowest BCUT2D eigenvalue weighted by Gasteiger charge is -2.28. The number of ether oxygens (including phenoxy) is 1. The van der Waals surface area contributed by atoms with Gasteiger partial charge in [-0.2, -0.15) is 0 Å². The van der Waals surface area contributed by atoms with Gasteiger partial charge in [0.1, 0.15) is 5.75 Å². The van der Waals surface area contributed by atoms with Crippen LogP contribution in [0.1, 0.15) is 57.3 Å². The van der Waals surface area contributed by atoms with Crippen molar-refractivity contribution in [2.75, 3.05) is 19.7 Å². The maximum absolute atomic E-state index is 13.5. The van der Waals surface area contributed by atoms with Gasteiger partial charge in [-0.25, -0.2) is 0 Å². The molecule has 1 unspecified atom stereocenters. The molecule has 3 aromatic rings. The van der Waals surface area contributed by atoms with E-state index in [9.17, 15) is 4.79 Å². The highest BCUT2D eigenvalue weighted by Gasteiger charge is 2.23. The van der Waals surface area contributed by atoms with E-state index in [-0.39, 0.29) is 13.3 Å². The third-order valence-corrected chi connectivity index (χ3v) is 6.71. The van der Waals surface area contributed by atoms with Crippen LogP contribution in [0.5, 0.6) is 5.75 Å². The van der Waals surface area contributed by atoms with E-state index < -0.39 is 0 Å². The van der Waals surface area contributed by atoms with Gasteiger partial charge < -0.3 is 19.9 Å². The molecule has 2 N–H and O–H groups in total. The van der Waals surface area contributed by atoms with Crippen molar-refractivity contribution in [3.05, 3.63) is 64.8 Å². The molecule has 1 atom stereocenters. The van der Waals surface area contributed by atoms with Crippen molar-refractivity contribution < 1.29 is 11.0 Å². The summed E-state index contributed by atoms with van der Waals surface area (Å²) in [6, 6.07) is 12.8. The molecule has 0 saturated heterocycles. The van der Waals surface area contributed by atoms with Gasteiger partial charge in [0.25, 0.3) is 0 Å². The molecule has 4 rings (SSSR count). The minimum Gasteiger partial charge on any atom is -0.493 e. The minimum atomic E-state index is -0.0950. The summed E-state index contributed by atoms with van der Waals surface area (Å²) < 4.78 is 6.04. The van der Waals surface area contributed by atoms with Gasteiger partial charge in [0.2, 0.25) is 5.91 Å². The number of nitrogens with zero attached hydrogens (tertiary/aromatic N) is 1. The number of aryl methyl sites for hydroxylation is 1. The molecule has 34 heavy (non-hydrogen) atoms. The highest BCUT2D eigenvalue weighted by Crippen LogP contribution is 2.29. The SMILES string of the molecule is Cc1cc(CN(CC(C)C)C(=O)C(C)CNCc2cccc3[nH]ccc23)cc2c1CCCCO2.[HH]. The van der Waals surface area contributed by atoms with Gasteiger partial charge in [0.15, 0.2) is 0 Å². The molecule has 0 radical (unpaired) electrons. The first kappa shape index (κ1) is 24.3. The average Bonchev–Trinajstić information content (AvgIpc) is 3.16. The smallest absolute Gasteiger partial charge is 0.226 e. The predicted octanol–water partition coefficient (Wildman–Crippen LogP) is 5.85. The molecule has 184 valence electrons. The zero-order chi connectivity index (χ0) is 24.1. The normalized spacial score (nSPS) is 14.5. The van der Waals surface area contributed by atoms with E-state index in [2.05, 4.69) is 67.5 Å². The number of nitrogens with one attached hydrogen (secondary N) is 2. The summed E-state index contributed by atoms with van der Waals surface area (Å²) in [6.45, 7) is 12.1. The largest absolute Gasteiger partial charge is 0.493 e. The van der Waals surface area contributed by atoms with Crippen molar-refractivity contribution in [1.29, 1.82) is 0 Å². The molecule has 1 aromatic heterocycles. The molecule has 5 nitrogen and oxygen atoms in total. The lowest BCUT2D eigenvalue weighted by molar-refractivity contribution is -0.136. The summed E-state index contributed by atoms with van der Waals surface area (Å²) in [6.07, 6.45) is 5.33. The molecule has 2 aromatic carbocycles. The van der Waals surface area contributed by atoms with E-state index in [1.165, 1.54) is 28.5 Å². The fourth-order valence-corrected chi connectivity index (χ4v) is 5.00. The number of hydrogen-bond acceptors (Lipinski definition) is 3. The standard InChI is InChI=1S/C29H39N3O2.H2/c1-20(2)18-32(19-23-14-21(3)25-9-5-6-13-34-28(25)15-23)29(33)22(4)16-30-17-24-8-7-10-27-26(24)11-12-31-27;/h7-8,10-12,14-15,20,22,30-31H,5-6,9,13,16-19H2,1-4H3;1H. The Morgan fingerprint density at radius 1 is 1.21 bits per heavy atom. The van der Waals surface area contributed by atoms with Crippen LogP contribution >= 0.6 is 0 Å². The van der Waals surface area contributed by atoms with E-state index in [4.69, 9.17) is 4.74 Å². The number of H-pyrrole nitrogens is 1. The van der Waals surface area contributed by atoms with E-state index in [0.29, 0.717) is 19.0 Å². The number of benzene rings is 2. The van der Waals surface area contributed by atoms with Gasteiger partial charge in [-0.15, -0.1) is 0 Å². The van der Waals surface area contributed by atoms with Gasteiger partial charge in [-0.3, -0.25) is 4.79 Å². The first-order valence-electron chi connectivity index (χ1n) is 12.7. The summed E-state index contributed by atoms with van der Waals surface area (Å²) >= 11 is 0. The van der Waals surface area contributed by atoms with Gasteiger partial charge in [0.05, 0.1) is 6.61 Å². The Morgan fingerprint density at radius 3 is 2.88 bits per heavy atom. The summed E-state index contributed by atoms with van der Waals surface area (Å²) in [7, 11) is 0. The fourth-order valence-electron chi connectivity index (χ4n) is 5.00. The molecule has 1 aliphatic rings. The van der Waals surface area contributed by atoms with Crippen molar-refractivity contribution in [2.45, 2.75) is 60.0 Å². The maximum Gasteiger partial charge on any atom is 0.226 e. The lowest BCUT2D eigenvalue weighted by atomic mass is 9.99. The third kappa shape index (κ3) is 5.82. The zero-order valence-electron chi connectivity index (χ0n) is 21.1. The van der Waals surface area contributed by atoms with Crippen LogP contribution in [-0.2, 0) is 24.3 Å². The van der Waals surface area contributed by atoms with Crippen molar-refractivity contribution in [2.24, 2.45) is 11.8 Å². The van der Waals surface area contributed by atoms with Crippen LogP contribution < -0.4 is 10.1 Å². The van der Waals surface area contributed by atoms with Crippen LogP contribution in [0, 0.1) is 18.8 Å². The molecular formula is C29H41N3O2. The second kappa shape index (κ2) is 11.1. The van der Waals surface area contributed by atoms with Gasteiger partial charge in [0, 0.05) is 50.6 Å². The molecule has 0 spiro atoms. The second-order valence-corrected chi connectivity index (χ2v) is 10.2. The Kier molecular flexibility index (Phi) is 7.94.